The van der Waals surface area contributed by atoms with Gasteiger partial charge < -0.3 is 10.1 Å². The number of nitriles is 1. The van der Waals surface area contributed by atoms with E-state index >= 15 is 0 Å². The number of rotatable bonds is 5. The molecule has 0 spiro atoms. The second kappa shape index (κ2) is 6.82. The third kappa shape index (κ3) is 4.37. The van der Waals surface area contributed by atoms with Crippen molar-refractivity contribution in [3.8, 4) is 11.8 Å². The van der Waals surface area contributed by atoms with Crippen LogP contribution in [0, 0.1) is 24.2 Å². The van der Waals surface area contributed by atoms with Crippen LogP contribution in [0.2, 0.25) is 5.02 Å². The number of hydrogen-bond acceptors (Lipinski definition) is 3. The van der Waals surface area contributed by atoms with Gasteiger partial charge in [0.05, 0.1) is 6.07 Å². The first kappa shape index (κ1) is 17.3. The van der Waals surface area contributed by atoms with Crippen molar-refractivity contribution in [3.63, 3.8) is 0 Å². The standard InChI is InChI=1S/C16H21ClN2O2/c1-10(2)16(5,9-18)19-15(20)12(4)21-14-7-6-13(17)8-11(14)3/h6-8,10,12H,1-5H3,(H,19,20). The van der Waals surface area contributed by atoms with Crippen LogP contribution in [0.15, 0.2) is 18.2 Å². The van der Waals surface area contributed by atoms with Crippen LogP contribution in [0.1, 0.15) is 33.3 Å². The molecule has 0 saturated carbocycles. The molecule has 0 radical (unpaired) electrons. The smallest absolute Gasteiger partial charge is 0.262 e. The first-order valence-corrected chi connectivity index (χ1v) is 7.23. The van der Waals surface area contributed by atoms with Crippen LogP contribution in [-0.4, -0.2) is 17.6 Å². The number of halogens is 1. The molecule has 0 saturated heterocycles. The molecule has 0 heterocycles. The molecule has 1 aromatic rings. The third-order valence-corrected chi connectivity index (χ3v) is 3.81. The molecule has 0 aliphatic carbocycles. The second-order valence-electron chi connectivity index (χ2n) is 5.63. The monoisotopic (exact) mass is 308 g/mol. The summed E-state index contributed by atoms with van der Waals surface area (Å²) in [5.41, 5.74) is -0.0573. The maximum atomic E-state index is 12.2. The maximum absolute atomic E-state index is 12.2. The summed E-state index contributed by atoms with van der Waals surface area (Å²) in [7, 11) is 0. The van der Waals surface area contributed by atoms with Gasteiger partial charge in [0.1, 0.15) is 11.3 Å². The number of amides is 1. The molecule has 4 nitrogen and oxygen atoms in total. The van der Waals surface area contributed by atoms with Gasteiger partial charge in [0.25, 0.3) is 5.91 Å². The Hall–Kier alpha value is -1.73. The zero-order valence-corrected chi connectivity index (χ0v) is 13.8. The van der Waals surface area contributed by atoms with Gasteiger partial charge in [0.2, 0.25) is 0 Å². The Balaban J connectivity index is 2.78. The molecule has 0 aliphatic rings. The number of aryl methyl sites for hydroxylation is 1. The molecule has 0 aliphatic heterocycles. The van der Waals surface area contributed by atoms with Crippen molar-refractivity contribution in [1.29, 1.82) is 5.26 Å². The van der Waals surface area contributed by atoms with E-state index in [1.165, 1.54) is 0 Å². The summed E-state index contributed by atoms with van der Waals surface area (Å²) in [5.74, 6) is 0.281. The van der Waals surface area contributed by atoms with Crippen molar-refractivity contribution in [2.24, 2.45) is 5.92 Å². The van der Waals surface area contributed by atoms with Crippen LogP contribution in [-0.2, 0) is 4.79 Å². The lowest BCUT2D eigenvalue weighted by atomic mass is 9.90. The zero-order valence-electron chi connectivity index (χ0n) is 13.0. The number of carbonyl (C=O) groups excluding carboxylic acids is 1. The van der Waals surface area contributed by atoms with Crippen molar-refractivity contribution < 1.29 is 9.53 Å². The SMILES string of the molecule is Cc1cc(Cl)ccc1OC(C)C(=O)NC(C)(C#N)C(C)C. The molecule has 0 fully saturated rings. The maximum Gasteiger partial charge on any atom is 0.262 e. The van der Waals surface area contributed by atoms with Gasteiger partial charge in [-0.05, 0) is 50.5 Å². The Morgan fingerprint density at radius 2 is 2.05 bits per heavy atom. The van der Waals surface area contributed by atoms with Crippen molar-refractivity contribution in [2.45, 2.75) is 46.3 Å². The fourth-order valence-corrected chi connectivity index (χ4v) is 1.87. The van der Waals surface area contributed by atoms with E-state index in [-0.39, 0.29) is 11.8 Å². The minimum absolute atomic E-state index is 0.00378. The predicted octanol–water partition coefficient (Wildman–Crippen LogP) is 3.47. The van der Waals surface area contributed by atoms with Crippen LogP contribution in [0.3, 0.4) is 0 Å². The summed E-state index contributed by atoms with van der Waals surface area (Å²) in [6, 6.07) is 7.35. The summed E-state index contributed by atoms with van der Waals surface area (Å²) in [6.07, 6.45) is -0.698. The van der Waals surface area contributed by atoms with Crippen LogP contribution in [0.4, 0.5) is 0 Å². The van der Waals surface area contributed by atoms with Crippen LogP contribution in [0.5, 0.6) is 5.75 Å². The van der Waals surface area contributed by atoms with Gasteiger partial charge in [-0.2, -0.15) is 5.26 Å². The quantitative estimate of drug-likeness (QED) is 0.906. The zero-order chi connectivity index (χ0) is 16.2. The van der Waals surface area contributed by atoms with Gasteiger partial charge in [-0.25, -0.2) is 0 Å². The lowest BCUT2D eigenvalue weighted by molar-refractivity contribution is -0.129. The Kier molecular flexibility index (Phi) is 5.62. The van der Waals surface area contributed by atoms with Crippen LogP contribution in [0.25, 0.3) is 0 Å². The molecular weight excluding hydrogens is 288 g/mol. The van der Waals surface area contributed by atoms with E-state index in [0.29, 0.717) is 10.8 Å². The number of hydrogen-bond donors (Lipinski definition) is 1. The summed E-state index contributed by atoms with van der Waals surface area (Å²) in [5, 5.41) is 12.6. The lowest BCUT2D eigenvalue weighted by Gasteiger charge is -2.29. The number of nitrogens with zero attached hydrogens (tertiary/aromatic N) is 1. The summed E-state index contributed by atoms with van der Waals surface area (Å²) < 4.78 is 5.65. The van der Waals surface area contributed by atoms with Gasteiger partial charge in [-0.15, -0.1) is 0 Å². The van der Waals surface area contributed by atoms with Gasteiger partial charge in [-0.3, -0.25) is 4.79 Å². The molecule has 114 valence electrons. The van der Waals surface area contributed by atoms with Crippen molar-refractivity contribution >= 4 is 17.5 Å². The average molecular weight is 309 g/mol. The van der Waals surface area contributed by atoms with E-state index in [9.17, 15) is 10.1 Å². The van der Waals surface area contributed by atoms with Crippen LogP contribution >= 0.6 is 11.6 Å². The molecule has 1 amide bonds. The molecule has 0 bridgehead atoms. The normalized spacial score (nSPS) is 15.0. The van der Waals surface area contributed by atoms with E-state index in [1.54, 1.807) is 32.0 Å². The molecule has 21 heavy (non-hydrogen) atoms. The average Bonchev–Trinajstić information content (AvgIpc) is 2.41. The summed E-state index contributed by atoms with van der Waals surface area (Å²) in [4.78, 5) is 12.2. The first-order valence-electron chi connectivity index (χ1n) is 6.85. The second-order valence-corrected chi connectivity index (χ2v) is 6.06. The van der Waals surface area contributed by atoms with Crippen molar-refractivity contribution in [2.75, 3.05) is 0 Å². The number of benzene rings is 1. The molecule has 1 aromatic carbocycles. The van der Waals surface area contributed by atoms with E-state index in [2.05, 4.69) is 11.4 Å². The number of carbonyl (C=O) groups is 1. The Morgan fingerprint density at radius 3 is 2.52 bits per heavy atom. The predicted molar refractivity (Wildman–Crippen MR) is 83.3 cm³/mol. The molecule has 2 atom stereocenters. The Morgan fingerprint density at radius 1 is 1.43 bits per heavy atom. The lowest BCUT2D eigenvalue weighted by Crippen LogP contribution is -2.52. The third-order valence-electron chi connectivity index (χ3n) is 3.58. The number of ether oxygens (including phenoxy) is 1. The van der Waals surface area contributed by atoms with Gasteiger partial charge >= 0.3 is 0 Å². The topological polar surface area (TPSA) is 62.1 Å². The van der Waals surface area contributed by atoms with E-state index in [4.69, 9.17) is 16.3 Å². The fraction of sp³-hybridized carbons (Fsp3) is 0.500. The van der Waals surface area contributed by atoms with Gasteiger partial charge in [0, 0.05) is 5.02 Å². The highest BCUT2D eigenvalue weighted by Crippen LogP contribution is 2.23. The summed E-state index contributed by atoms with van der Waals surface area (Å²) >= 11 is 5.89. The molecule has 1 rings (SSSR count). The molecule has 0 aromatic heterocycles. The van der Waals surface area contributed by atoms with E-state index in [1.807, 2.05) is 20.8 Å². The highest BCUT2D eigenvalue weighted by molar-refractivity contribution is 6.30. The van der Waals surface area contributed by atoms with Crippen molar-refractivity contribution in [3.05, 3.63) is 28.8 Å². The molecular formula is C16H21ClN2O2. The Labute approximate surface area is 131 Å². The fourth-order valence-electron chi connectivity index (χ4n) is 1.65. The first-order chi connectivity index (χ1) is 9.69. The summed E-state index contributed by atoms with van der Waals surface area (Å²) in [6.45, 7) is 8.99. The highest BCUT2D eigenvalue weighted by Gasteiger charge is 2.32. The van der Waals surface area contributed by atoms with Crippen molar-refractivity contribution in [1.82, 2.24) is 5.32 Å². The number of nitrogens with one attached hydrogen (secondary N) is 1. The van der Waals surface area contributed by atoms with E-state index in [0.717, 1.165) is 5.56 Å². The van der Waals surface area contributed by atoms with Gasteiger partial charge in [0.15, 0.2) is 6.10 Å². The minimum atomic E-state index is -0.913. The van der Waals surface area contributed by atoms with Gasteiger partial charge in [-0.1, -0.05) is 25.4 Å². The molecule has 1 N–H and O–H groups in total. The van der Waals surface area contributed by atoms with Crippen LogP contribution < -0.4 is 10.1 Å². The molecule has 2 unspecified atom stereocenters. The molecule has 5 heteroatoms. The minimum Gasteiger partial charge on any atom is -0.481 e. The Bertz CT molecular complexity index is 566. The van der Waals surface area contributed by atoms with E-state index < -0.39 is 11.6 Å². The largest absolute Gasteiger partial charge is 0.481 e. The highest BCUT2D eigenvalue weighted by atomic mass is 35.5.